The third-order valence-corrected chi connectivity index (χ3v) is 4.37. The Labute approximate surface area is 154 Å². The molecule has 2 aromatic carbocycles. The van der Waals surface area contributed by atoms with Crippen LogP contribution in [-0.2, 0) is 9.53 Å². The van der Waals surface area contributed by atoms with E-state index >= 15 is 0 Å². The van der Waals surface area contributed by atoms with Crippen LogP contribution in [0, 0.1) is 0 Å². The molecule has 0 aliphatic carbocycles. The minimum absolute atomic E-state index is 0.0631. The van der Waals surface area contributed by atoms with Crippen molar-refractivity contribution in [3.8, 4) is 17.2 Å². The van der Waals surface area contributed by atoms with Gasteiger partial charge < -0.3 is 24.1 Å². The summed E-state index contributed by atoms with van der Waals surface area (Å²) in [5, 5.41) is 20.9. The van der Waals surface area contributed by atoms with E-state index in [1.54, 1.807) is 30.3 Å². The predicted molar refractivity (Wildman–Crippen MR) is 97.3 cm³/mol. The molecule has 2 N–H and O–H groups in total. The summed E-state index contributed by atoms with van der Waals surface area (Å²) in [6.07, 6.45) is -0.207. The van der Waals surface area contributed by atoms with Crippen LogP contribution in [0.3, 0.4) is 0 Å². The third-order valence-electron chi connectivity index (χ3n) is 4.37. The van der Waals surface area contributed by atoms with Crippen LogP contribution in [0.25, 0.3) is 11.0 Å². The van der Waals surface area contributed by atoms with E-state index < -0.39 is 17.5 Å². The zero-order valence-corrected chi connectivity index (χ0v) is 14.8. The molecule has 0 saturated heterocycles. The summed E-state index contributed by atoms with van der Waals surface area (Å²) in [5.74, 6) is -1.60. The van der Waals surface area contributed by atoms with Gasteiger partial charge in [-0.3, -0.25) is 4.79 Å². The largest absolute Gasteiger partial charge is 0.507 e. The van der Waals surface area contributed by atoms with E-state index in [0.717, 1.165) is 0 Å². The van der Waals surface area contributed by atoms with Crippen molar-refractivity contribution in [1.29, 1.82) is 0 Å². The molecule has 3 rings (SSSR count). The van der Waals surface area contributed by atoms with Crippen LogP contribution in [0.1, 0.15) is 23.5 Å². The summed E-state index contributed by atoms with van der Waals surface area (Å²) in [4.78, 5) is 24.6. The Bertz CT molecular complexity index is 1050. The Kier molecular flexibility index (Phi) is 5.03. The van der Waals surface area contributed by atoms with Gasteiger partial charge in [0.1, 0.15) is 11.3 Å². The average Bonchev–Trinajstić information content (AvgIpc) is 2.67. The van der Waals surface area contributed by atoms with Crippen molar-refractivity contribution in [2.45, 2.75) is 12.3 Å². The van der Waals surface area contributed by atoms with Gasteiger partial charge in [0, 0.05) is 5.92 Å². The summed E-state index contributed by atoms with van der Waals surface area (Å²) < 4.78 is 15.2. The summed E-state index contributed by atoms with van der Waals surface area (Å²) in [5.41, 5.74) is -0.101. The van der Waals surface area contributed by atoms with Crippen molar-refractivity contribution in [2.24, 2.45) is 0 Å². The number of rotatable bonds is 5. The van der Waals surface area contributed by atoms with Crippen molar-refractivity contribution in [3.63, 3.8) is 0 Å². The molecule has 7 heteroatoms. The van der Waals surface area contributed by atoms with E-state index in [4.69, 9.17) is 13.9 Å². The summed E-state index contributed by atoms with van der Waals surface area (Å²) in [6.45, 7) is 0. The van der Waals surface area contributed by atoms with Gasteiger partial charge in [-0.05, 0) is 29.8 Å². The number of phenolic OH excluding ortho intramolecular Hbond substituents is 1. The molecule has 1 heterocycles. The number of hydrogen-bond acceptors (Lipinski definition) is 7. The highest BCUT2D eigenvalue weighted by Gasteiger charge is 2.28. The molecular formula is C20H18O7. The van der Waals surface area contributed by atoms with Crippen LogP contribution < -0.4 is 10.4 Å². The zero-order chi connectivity index (χ0) is 19.6. The molecule has 140 valence electrons. The lowest BCUT2D eigenvalue weighted by atomic mass is 9.88. The number of aromatic hydroxyl groups is 2. The molecule has 0 fully saturated rings. The molecule has 1 atom stereocenters. The van der Waals surface area contributed by atoms with Crippen molar-refractivity contribution < 1.29 is 28.9 Å². The van der Waals surface area contributed by atoms with Gasteiger partial charge in [-0.25, -0.2) is 4.79 Å². The van der Waals surface area contributed by atoms with Crippen molar-refractivity contribution in [1.82, 2.24) is 0 Å². The van der Waals surface area contributed by atoms with E-state index in [9.17, 15) is 19.8 Å². The van der Waals surface area contributed by atoms with Crippen LogP contribution in [0.4, 0.5) is 0 Å². The minimum Gasteiger partial charge on any atom is -0.507 e. The molecule has 0 radical (unpaired) electrons. The molecule has 1 aromatic heterocycles. The fourth-order valence-corrected chi connectivity index (χ4v) is 3.00. The molecule has 0 spiro atoms. The maximum atomic E-state index is 12.6. The molecule has 0 aliphatic rings. The fraction of sp³-hybridized carbons (Fsp3) is 0.200. The van der Waals surface area contributed by atoms with Crippen molar-refractivity contribution in [2.75, 3.05) is 14.2 Å². The summed E-state index contributed by atoms with van der Waals surface area (Å²) in [6, 6.07) is 11.0. The molecule has 3 aromatic rings. The van der Waals surface area contributed by atoms with Gasteiger partial charge in [0.15, 0.2) is 11.5 Å². The van der Waals surface area contributed by atoms with Gasteiger partial charge >= 0.3 is 11.6 Å². The lowest BCUT2D eigenvalue weighted by molar-refractivity contribution is -0.140. The monoisotopic (exact) mass is 370 g/mol. The van der Waals surface area contributed by atoms with Gasteiger partial charge in [-0.2, -0.15) is 0 Å². The number of phenols is 1. The Morgan fingerprint density at radius 2 is 1.89 bits per heavy atom. The molecule has 0 bridgehead atoms. The highest BCUT2D eigenvalue weighted by molar-refractivity contribution is 5.84. The second kappa shape index (κ2) is 7.41. The second-order valence-electron chi connectivity index (χ2n) is 5.91. The highest BCUT2D eigenvalue weighted by atomic mass is 16.5. The van der Waals surface area contributed by atoms with Gasteiger partial charge in [0.05, 0.1) is 31.6 Å². The predicted octanol–water partition coefficient (Wildman–Crippen LogP) is 2.91. The zero-order valence-electron chi connectivity index (χ0n) is 14.8. The first-order valence-electron chi connectivity index (χ1n) is 8.14. The molecule has 0 unspecified atom stereocenters. The number of hydrogen-bond donors (Lipinski definition) is 2. The number of para-hydroxylation sites is 1. The van der Waals surface area contributed by atoms with E-state index in [1.165, 1.54) is 26.4 Å². The number of carbonyl (C=O) groups excluding carboxylic acids is 1. The third kappa shape index (κ3) is 3.44. The smallest absolute Gasteiger partial charge is 0.343 e. The Hall–Kier alpha value is -3.48. The van der Waals surface area contributed by atoms with Gasteiger partial charge in [0.25, 0.3) is 0 Å². The number of benzene rings is 2. The van der Waals surface area contributed by atoms with Crippen LogP contribution in [0.15, 0.2) is 51.7 Å². The number of methoxy groups -OCH3 is 2. The van der Waals surface area contributed by atoms with E-state index in [1.807, 2.05) is 0 Å². The fourth-order valence-electron chi connectivity index (χ4n) is 3.00. The molecule has 7 nitrogen and oxygen atoms in total. The Morgan fingerprint density at radius 1 is 1.15 bits per heavy atom. The first-order chi connectivity index (χ1) is 13.0. The number of esters is 1. The standard InChI is InChI=1S/C20H18O7/c1-25-16-9-11(7-8-14(16)21)13(10-17(22)26-2)18-19(23)12-5-3-4-6-15(12)27-20(18)24/h3-9,13,21,23H,10H2,1-2H3/t13-/m0/s1. The lowest BCUT2D eigenvalue weighted by Crippen LogP contribution is -2.18. The van der Waals surface area contributed by atoms with Crippen molar-refractivity contribution >= 4 is 16.9 Å². The van der Waals surface area contributed by atoms with Gasteiger partial charge in [0.2, 0.25) is 0 Å². The number of ether oxygens (including phenoxy) is 2. The van der Waals surface area contributed by atoms with Crippen LogP contribution in [0.5, 0.6) is 17.2 Å². The number of fused-ring (bicyclic) bond motifs is 1. The lowest BCUT2D eigenvalue weighted by Gasteiger charge is -2.18. The maximum absolute atomic E-state index is 12.6. The quantitative estimate of drug-likeness (QED) is 0.525. The number of carbonyl (C=O) groups is 1. The second-order valence-corrected chi connectivity index (χ2v) is 5.91. The van der Waals surface area contributed by atoms with Crippen LogP contribution >= 0.6 is 0 Å². The van der Waals surface area contributed by atoms with Gasteiger partial charge in [-0.1, -0.05) is 18.2 Å². The SMILES string of the molecule is COC(=O)C[C@@H](c1ccc(O)c(OC)c1)c1c(O)c2ccccc2oc1=O. The van der Waals surface area contributed by atoms with Gasteiger partial charge in [-0.15, -0.1) is 0 Å². The summed E-state index contributed by atoms with van der Waals surface area (Å²) in [7, 11) is 2.62. The first-order valence-corrected chi connectivity index (χ1v) is 8.14. The minimum atomic E-state index is -0.854. The molecule has 0 aliphatic heterocycles. The first kappa shape index (κ1) is 18.3. The van der Waals surface area contributed by atoms with E-state index in [2.05, 4.69) is 0 Å². The molecule has 0 saturated carbocycles. The molecular weight excluding hydrogens is 352 g/mol. The topological polar surface area (TPSA) is 106 Å². The Morgan fingerprint density at radius 3 is 2.59 bits per heavy atom. The summed E-state index contributed by atoms with van der Waals surface area (Å²) >= 11 is 0. The molecule has 0 amide bonds. The Balaban J connectivity index is 2.24. The van der Waals surface area contributed by atoms with Crippen LogP contribution in [-0.4, -0.2) is 30.4 Å². The van der Waals surface area contributed by atoms with Crippen molar-refractivity contribution in [3.05, 3.63) is 64.0 Å². The highest BCUT2D eigenvalue weighted by Crippen LogP contribution is 2.38. The average molecular weight is 370 g/mol. The van der Waals surface area contributed by atoms with E-state index in [-0.39, 0.29) is 34.8 Å². The normalized spacial score (nSPS) is 11.9. The maximum Gasteiger partial charge on any atom is 0.343 e. The van der Waals surface area contributed by atoms with Crippen LogP contribution in [0.2, 0.25) is 0 Å². The van der Waals surface area contributed by atoms with E-state index in [0.29, 0.717) is 10.9 Å². The molecule has 27 heavy (non-hydrogen) atoms.